The molecule has 0 aliphatic rings. The molecule has 0 radical (unpaired) electrons. The maximum atomic E-state index is 13.4. The molecule has 104 valence electrons. The van der Waals surface area contributed by atoms with Gasteiger partial charge in [0.1, 0.15) is 17.1 Å². The van der Waals surface area contributed by atoms with Crippen molar-refractivity contribution in [1.29, 1.82) is 0 Å². The molecule has 1 N–H and O–H groups in total. The average molecular weight is 296 g/mol. The number of carboxylic acids is 1. The molecule has 0 aliphatic carbocycles. The van der Waals surface area contributed by atoms with E-state index in [9.17, 15) is 14.3 Å². The number of aryl methyl sites for hydroxylation is 2. The smallest absolute Gasteiger partial charge is 0.341 e. The second-order valence-corrected chi connectivity index (χ2v) is 4.65. The lowest BCUT2D eigenvalue weighted by Gasteiger charge is -2.11. The molecule has 0 amide bonds. The topological polar surface area (TPSA) is 59.4 Å². The first-order valence-corrected chi connectivity index (χ1v) is 6.10. The predicted octanol–water partition coefficient (Wildman–Crippen LogP) is 3.98. The van der Waals surface area contributed by atoms with Crippen molar-refractivity contribution in [2.24, 2.45) is 0 Å². The molecule has 2 aromatic rings. The number of hydrogen-bond acceptors (Lipinski definition) is 3. The summed E-state index contributed by atoms with van der Waals surface area (Å²) < 4.78 is 18.7. The minimum absolute atomic E-state index is 0.0378. The van der Waals surface area contributed by atoms with E-state index in [2.05, 4.69) is 4.98 Å². The van der Waals surface area contributed by atoms with Gasteiger partial charge in [0.25, 0.3) is 0 Å². The van der Waals surface area contributed by atoms with Crippen molar-refractivity contribution in [3.8, 4) is 11.6 Å². The fourth-order valence-electron chi connectivity index (χ4n) is 1.79. The molecule has 6 heteroatoms. The molecular weight excluding hydrogens is 285 g/mol. The van der Waals surface area contributed by atoms with E-state index in [-0.39, 0.29) is 22.2 Å². The predicted molar refractivity (Wildman–Crippen MR) is 72.2 cm³/mol. The SMILES string of the molecule is Cc1cc(C)c(C(=O)O)c(Oc2ccc(Cl)c(F)c2)n1. The Balaban J connectivity index is 2.47. The second-order valence-electron chi connectivity index (χ2n) is 4.24. The van der Waals surface area contributed by atoms with Crippen LogP contribution in [0.2, 0.25) is 5.02 Å². The number of nitrogens with zero attached hydrogens (tertiary/aromatic N) is 1. The summed E-state index contributed by atoms with van der Waals surface area (Å²) in [7, 11) is 0. The number of benzene rings is 1. The Morgan fingerprint density at radius 1 is 1.35 bits per heavy atom. The zero-order valence-corrected chi connectivity index (χ0v) is 11.5. The Hall–Kier alpha value is -2.14. The fourth-order valence-corrected chi connectivity index (χ4v) is 1.91. The molecule has 0 saturated carbocycles. The maximum Gasteiger partial charge on any atom is 0.341 e. The molecule has 2 rings (SSSR count). The van der Waals surface area contributed by atoms with Crippen LogP contribution in [0, 0.1) is 19.7 Å². The van der Waals surface area contributed by atoms with E-state index in [1.807, 2.05) is 0 Å². The van der Waals surface area contributed by atoms with Gasteiger partial charge in [-0.25, -0.2) is 14.2 Å². The number of pyridine rings is 1. The third-order valence-electron chi connectivity index (χ3n) is 2.63. The van der Waals surface area contributed by atoms with Crippen LogP contribution in [-0.4, -0.2) is 16.1 Å². The lowest BCUT2D eigenvalue weighted by molar-refractivity contribution is 0.0692. The highest BCUT2D eigenvalue weighted by molar-refractivity contribution is 6.30. The molecule has 1 heterocycles. The van der Waals surface area contributed by atoms with Crippen molar-refractivity contribution in [1.82, 2.24) is 4.98 Å². The quantitative estimate of drug-likeness (QED) is 0.930. The van der Waals surface area contributed by atoms with Crippen LogP contribution in [0.25, 0.3) is 0 Å². The molecule has 0 spiro atoms. The van der Waals surface area contributed by atoms with E-state index in [0.717, 1.165) is 6.07 Å². The monoisotopic (exact) mass is 295 g/mol. The van der Waals surface area contributed by atoms with Crippen molar-refractivity contribution in [3.63, 3.8) is 0 Å². The minimum Gasteiger partial charge on any atom is -0.477 e. The van der Waals surface area contributed by atoms with E-state index >= 15 is 0 Å². The van der Waals surface area contributed by atoms with Crippen LogP contribution in [0.3, 0.4) is 0 Å². The Kier molecular flexibility index (Phi) is 3.90. The lowest BCUT2D eigenvalue weighted by Crippen LogP contribution is -2.06. The van der Waals surface area contributed by atoms with E-state index in [0.29, 0.717) is 11.3 Å². The van der Waals surface area contributed by atoms with Crippen molar-refractivity contribution in [2.45, 2.75) is 13.8 Å². The minimum atomic E-state index is -1.15. The first-order valence-electron chi connectivity index (χ1n) is 5.73. The van der Waals surface area contributed by atoms with Crippen LogP contribution in [0.4, 0.5) is 4.39 Å². The van der Waals surface area contributed by atoms with Crippen molar-refractivity contribution >= 4 is 17.6 Å². The summed E-state index contributed by atoms with van der Waals surface area (Å²) in [6.07, 6.45) is 0. The van der Waals surface area contributed by atoms with Gasteiger partial charge in [-0.1, -0.05) is 11.6 Å². The van der Waals surface area contributed by atoms with Gasteiger partial charge >= 0.3 is 5.97 Å². The lowest BCUT2D eigenvalue weighted by atomic mass is 10.1. The van der Waals surface area contributed by atoms with Crippen molar-refractivity contribution in [3.05, 3.63) is 51.9 Å². The first kappa shape index (κ1) is 14.3. The number of carboxylic acid groups (broad SMARTS) is 1. The molecule has 1 aromatic carbocycles. The fraction of sp³-hybridized carbons (Fsp3) is 0.143. The normalized spacial score (nSPS) is 10.4. The first-order chi connectivity index (χ1) is 9.38. The van der Waals surface area contributed by atoms with E-state index < -0.39 is 11.8 Å². The number of carbonyl (C=O) groups is 1. The van der Waals surface area contributed by atoms with Gasteiger partial charge < -0.3 is 9.84 Å². The van der Waals surface area contributed by atoms with Crippen molar-refractivity contribution in [2.75, 3.05) is 0 Å². The van der Waals surface area contributed by atoms with Crippen LogP contribution < -0.4 is 4.74 Å². The maximum absolute atomic E-state index is 13.4. The highest BCUT2D eigenvalue weighted by Crippen LogP contribution is 2.28. The van der Waals surface area contributed by atoms with E-state index in [1.54, 1.807) is 19.9 Å². The average Bonchev–Trinajstić information content (AvgIpc) is 2.32. The molecule has 1 aromatic heterocycles. The van der Waals surface area contributed by atoms with Crippen molar-refractivity contribution < 1.29 is 19.0 Å². The number of halogens is 2. The molecular formula is C14H11ClFNO3. The summed E-state index contributed by atoms with van der Waals surface area (Å²) in [5.74, 6) is -1.74. The third-order valence-corrected chi connectivity index (χ3v) is 2.94. The van der Waals surface area contributed by atoms with Gasteiger partial charge in [-0.3, -0.25) is 0 Å². The molecule has 0 fully saturated rings. The van der Waals surface area contributed by atoms with E-state index in [4.69, 9.17) is 16.3 Å². The molecule has 20 heavy (non-hydrogen) atoms. The Morgan fingerprint density at radius 2 is 2.05 bits per heavy atom. The Labute approximate surface area is 119 Å². The number of rotatable bonds is 3. The summed E-state index contributed by atoms with van der Waals surface area (Å²) in [6.45, 7) is 3.36. The van der Waals surface area contributed by atoms with Crippen LogP contribution >= 0.6 is 11.6 Å². The summed E-state index contributed by atoms with van der Waals surface area (Å²) in [5.41, 5.74) is 1.08. The number of aromatic nitrogens is 1. The highest BCUT2D eigenvalue weighted by Gasteiger charge is 2.18. The van der Waals surface area contributed by atoms with Crippen LogP contribution in [-0.2, 0) is 0 Å². The highest BCUT2D eigenvalue weighted by atomic mass is 35.5. The van der Waals surface area contributed by atoms with Gasteiger partial charge in [-0.2, -0.15) is 0 Å². The Morgan fingerprint density at radius 3 is 2.65 bits per heavy atom. The summed E-state index contributed by atoms with van der Waals surface area (Å²) in [6, 6.07) is 5.48. The van der Waals surface area contributed by atoms with Crippen LogP contribution in [0.15, 0.2) is 24.3 Å². The van der Waals surface area contributed by atoms with Gasteiger partial charge in [0.05, 0.1) is 5.02 Å². The summed E-state index contributed by atoms with van der Waals surface area (Å²) >= 11 is 5.58. The number of hydrogen-bond donors (Lipinski definition) is 1. The van der Waals surface area contributed by atoms with Crippen LogP contribution in [0.5, 0.6) is 11.6 Å². The second kappa shape index (κ2) is 5.46. The van der Waals surface area contributed by atoms with Gasteiger partial charge in [-0.15, -0.1) is 0 Å². The van der Waals surface area contributed by atoms with Crippen LogP contribution in [0.1, 0.15) is 21.6 Å². The third kappa shape index (κ3) is 2.88. The Bertz CT molecular complexity index is 688. The summed E-state index contributed by atoms with van der Waals surface area (Å²) in [5, 5.41) is 9.16. The largest absolute Gasteiger partial charge is 0.477 e. The van der Waals surface area contributed by atoms with Gasteiger partial charge in [0.15, 0.2) is 0 Å². The molecule has 0 saturated heterocycles. The van der Waals surface area contributed by atoms with Gasteiger partial charge in [-0.05, 0) is 37.6 Å². The standard InChI is InChI=1S/C14H11ClFNO3/c1-7-5-8(2)17-13(12(7)14(18)19)20-9-3-4-10(15)11(16)6-9/h3-6H,1-2H3,(H,18,19). The zero-order valence-electron chi connectivity index (χ0n) is 10.8. The molecule has 0 atom stereocenters. The zero-order chi connectivity index (χ0) is 14.9. The molecule has 0 aliphatic heterocycles. The number of aromatic carboxylic acids is 1. The molecule has 0 bridgehead atoms. The van der Waals surface area contributed by atoms with E-state index in [1.165, 1.54) is 12.1 Å². The molecule has 0 unspecified atom stereocenters. The number of ether oxygens (including phenoxy) is 1. The summed E-state index contributed by atoms with van der Waals surface area (Å²) in [4.78, 5) is 15.3. The van der Waals surface area contributed by atoms with Gasteiger partial charge in [0.2, 0.25) is 5.88 Å². The van der Waals surface area contributed by atoms with Gasteiger partial charge in [0, 0.05) is 11.8 Å². The molecule has 4 nitrogen and oxygen atoms in total.